The molecule has 2 aromatic rings. The van der Waals surface area contributed by atoms with Gasteiger partial charge in [0.1, 0.15) is 0 Å². The average Bonchev–Trinajstić information content (AvgIpc) is 2.61. The van der Waals surface area contributed by atoms with Crippen LogP contribution in [0.1, 0.15) is 57.1 Å². The normalized spacial score (nSPS) is 15.4. The third kappa shape index (κ3) is 3.43. The minimum atomic E-state index is 0.547. The Balaban J connectivity index is 1.96. The molecule has 1 aliphatic heterocycles. The van der Waals surface area contributed by atoms with Crippen molar-refractivity contribution in [2.45, 2.75) is 46.0 Å². The molecule has 0 aliphatic carbocycles. The quantitative estimate of drug-likeness (QED) is 0.722. The summed E-state index contributed by atoms with van der Waals surface area (Å²) in [6.07, 6.45) is 1.21. The van der Waals surface area contributed by atoms with Crippen molar-refractivity contribution < 1.29 is 0 Å². The van der Waals surface area contributed by atoms with E-state index >= 15 is 0 Å². The maximum atomic E-state index is 2.60. The Morgan fingerprint density at radius 2 is 1.29 bits per heavy atom. The fourth-order valence-electron chi connectivity index (χ4n) is 3.71. The molecule has 0 bridgehead atoms. The molecule has 0 aromatic heterocycles. The van der Waals surface area contributed by atoms with Gasteiger partial charge in [0.15, 0.2) is 0 Å². The summed E-state index contributed by atoms with van der Waals surface area (Å²) in [7, 11) is 0. The highest BCUT2D eigenvalue weighted by Gasteiger charge is 2.24. The van der Waals surface area contributed by atoms with Gasteiger partial charge in [0.05, 0.1) is 6.67 Å². The van der Waals surface area contributed by atoms with Gasteiger partial charge in [0.25, 0.3) is 0 Å². The molecule has 1 heterocycles. The number of nitrogens with zero attached hydrogens (tertiary/aromatic N) is 2. The van der Waals surface area contributed by atoms with Crippen LogP contribution in [0.15, 0.2) is 48.5 Å². The molecule has 0 radical (unpaired) electrons. The second-order valence-electron chi connectivity index (χ2n) is 7.45. The van der Waals surface area contributed by atoms with Crippen LogP contribution in [-0.4, -0.2) is 19.8 Å². The predicted octanol–water partition coefficient (Wildman–Crippen LogP) is 5.61. The highest BCUT2D eigenvalue weighted by atomic mass is 15.3. The van der Waals surface area contributed by atoms with Crippen molar-refractivity contribution in [2.75, 3.05) is 29.6 Å². The molecule has 1 saturated heterocycles. The van der Waals surface area contributed by atoms with Crippen molar-refractivity contribution in [3.63, 3.8) is 0 Å². The van der Waals surface area contributed by atoms with E-state index in [1.165, 1.54) is 28.9 Å². The van der Waals surface area contributed by atoms with Crippen LogP contribution in [0.3, 0.4) is 0 Å². The summed E-state index contributed by atoms with van der Waals surface area (Å²) in [5, 5.41) is 0. The molecular weight excluding hydrogens is 292 g/mol. The van der Waals surface area contributed by atoms with E-state index in [0.717, 1.165) is 19.8 Å². The maximum absolute atomic E-state index is 2.60. The van der Waals surface area contributed by atoms with Gasteiger partial charge in [0.2, 0.25) is 0 Å². The summed E-state index contributed by atoms with van der Waals surface area (Å²) >= 11 is 0. The fraction of sp³-hybridized carbons (Fsp3) is 0.455. The third-order valence-corrected chi connectivity index (χ3v) is 4.98. The Kier molecular flexibility index (Phi) is 5.13. The van der Waals surface area contributed by atoms with Crippen molar-refractivity contribution in [3.05, 3.63) is 59.7 Å². The number of benzene rings is 2. The number of anilines is 2. The van der Waals surface area contributed by atoms with E-state index < -0.39 is 0 Å². The van der Waals surface area contributed by atoms with E-state index in [2.05, 4.69) is 86.0 Å². The van der Waals surface area contributed by atoms with Crippen LogP contribution in [0.25, 0.3) is 0 Å². The lowest BCUT2D eigenvalue weighted by Crippen LogP contribution is -2.45. The van der Waals surface area contributed by atoms with Gasteiger partial charge < -0.3 is 9.80 Å². The average molecular weight is 322 g/mol. The van der Waals surface area contributed by atoms with E-state index in [4.69, 9.17) is 0 Å². The molecule has 0 saturated carbocycles. The zero-order chi connectivity index (χ0) is 17.1. The van der Waals surface area contributed by atoms with Gasteiger partial charge in [-0.1, -0.05) is 64.1 Å². The first-order valence-electron chi connectivity index (χ1n) is 9.25. The molecule has 24 heavy (non-hydrogen) atoms. The molecule has 0 unspecified atom stereocenters. The van der Waals surface area contributed by atoms with E-state index in [0.29, 0.717) is 11.8 Å². The summed E-state index contributed by atoms with van der Waals surface area (Å²) < 4.78 is 0. The van der Waals surface area contributed by atoms with Crippen LogP contribution >= 0.6 is 0 Å². The van der Waals surface area contributed by atoms with Gasteiger partial charge in [0, 0.05) is 24.5 Å². The molecule has 2 heteroatoms. The molecule has 3 rings (SSSR count). The van der Waals surface area contributed by atoms with Crippen LogP contribution in [-0.2, 0) is 0 Å². The van der Waals surface area contributed by atoms with Crippen molar-refractivity contribution >= 4 is 11.4 Å². The van der Waals surface area contributed by atoms with Gasteiger partial charge in [-0.25, -0.2) is 0 Å². The first-order valence-corrected chi connectivity index (χ1v) is 9.25. The lowest BCUT2D eigenvalue weighted by molar-refractivity contribution is 0.608. The largest absolute Gasteiger partial charge is 0.354 e. The van der Waals surface area contributed by atoms with Crippen LogP contribution < -0.4 is 9.80 Å². The van der Waals surface area contributed by atoms with Crippen molar-refractivity contribution in [1.29, 1.82) is 0 Å². The van der Waals surface area contributed by atoms with Gasteiger partial charge in [-0.3, -0.25) is 0 Å². The molecule has 0 spiro atoms. The molecular formula is C22H30N2. The minimum absolute atomic E-state index is 0.547. The van der Waals surface area contributed by atoms with Gasteiger partial charge in [-0.2, -0.15) is 0 Å². The Bertz CT molecular complexity index is 635. The fourth-order valence-corrected chi connectivity index (χ4v) is 3.71. The summed E-state index contributed by atoms with van der Waals surface area (Å²) in [5.74, 6) is 1.09. The third-order valence-electron chi connectivity index (χ3n) is 4.98. The number of hydrogen-bond donors (Lipinski definition) is 0. The van der Waals surface area contributed by atoms with E-state index in [1.54, 1.807) is 0 Å². The molecule has 1 aliphatic rings. The van der Waals surface area contributed by atoms with Crippen LogP contribution in [0, 0.1) is 0 Å². The second kappa shape index (κ2) is 7.29. The standard InChI is InChI=1S/C22H30N2/c1-17(2)20-12-8-13-21(18(3)4)22(20)24-15-9-14-23(16-24)19-10-6-5-7-11-19/h5-8,10-13,17-18H,9,14-16H2,1-4H3. The zero-order valence-electron chi connectivity index (χ0n) is 15.5. The molecule has 0 N–H and O–H groups in total. The summed E-state index contributed by atoms with van der Waals surface area (Å²) in [6, 6.07) is 17.7. The van der Waals surface area contributed by atoms with Crippen molar-refractivity contribution in [2.24, 2.45) is 0 Å². The second-order valence-corrected chi connectivity index (χ2v) is 7.45. The van der Waals surface area contributed by atoms with E-state index in [1.807, 2.05) is 0 Å². The summed E-state index contributed by atoms with van der Waals surface area (Å²) in [6.45, 7) is 12.5. The van der Waals surface area contributed by atoms with Crippen LogP contribution in [0.5, 0.6) is 0 Å². The van der Waals surface area contributed by atoms with Crippen molar-refractivity contribution in [3.8, 4) is 0 Å². The number of hydrogen-bond acceptors (Lipinski definition) is 2. The highest BCUT2D eigenvalue weighted by molar-refractivity contribution is 5.63. The van der Waals surface area contributed by atoms with E-state index in [9.17, 15) is 0 Å². The summed E-state index contributed by atoms with van der Waals surface area (Å²) in [5.41, 5.74) is 5.77. The maximum Gasteiger partial charge on any atom is 0.0902 e. The molecule has 0 amide bonds. The first kappa shape index (κ1) is 16.9. The lowest BCUT2D eigenvalue weighted by Gasteiger charge is -2.41. The lowest BCUT2D eigenvalue weighted by atomic mass is 9.91. The Hall–Kier alpha value is -1.96. The highest BCUT2D eigenvalue weighted by Crippen LogP contribution is 2.36. The SMILES string of the molecule is CC(C)c1cccc(C(C)C)c1N1CCCN(c2ccccc2)C1. The molecule has 2 nitrogen and oxygen atoms in total. The predicted molar refractivity (Wildman–Crippen MR) is 105 cm³/mol. The number of rotatable bonds is 4. The molecule has 2 aromatic carbocycles. The van der Waals surface area contributed by atoms with Gasteiger partial charge in [-0.15, -0.1) is 0 Å². The van der Waals surface area contributed by atoms with Crippen LogP contribution in [0.2, 0.25) is 0 Å². The zero-order valence-corrected chi connectivity index (χ0v) is 15.5. The Morgan fingerprint density at radius 1 is 0.708 bits per heavy atom. The molecule has 0 atom stereocenters. The topological polar surface area (TPSA) is 6.48 Å². The molecule has 128 valence electrons. The van der Waals surface area contributed by atoms with Gasteiger partial charge >= 0.3 is 0 Å². The van der Waals surface area contributed by atoms with Gasteiger partial charge in [-0.05, 0) is 41.5 Å². The Morgan fingerprint density at radius 3 is 1.88 bits per heavy atom. The monoisotopic (exact) mass is 322 g/mol. The van der Waals surface area contributed by atoms with E-state index in [-0.39, 0.29) is 0 Å². The Labute approximate surface area is 147 Å². The van der Waals surface area contributed by atoms with Crippen LogP contribution in [0.4, 0.5) is 11.4 Å². The van der Waals surface area contributed by atoms with Crippen molar-refractivity contribution in [1.82, 2.24) is 0 Å². The smallest absolute Gasteiger partial charge is 0.0902 e. The minimum Gasteiger partial charge on any atom is -0.354 e. The molecule has 1 fully saturated rings. The number of para-hydroxylation sites is 2. The summed E-state index contributed by atoms with van der Waals surface area (Å²) in [4.78, 5) is 5.10. The first-order chi connectivity index (χ1) is 11.6.